The van der Waals surface area contributed by atoms with Crippen LogP contribution < -0.4 is 0 Å². The zero-order valence-electron chi connectivity index (χ0n) is 8.70. The average Bonchev–Trinajstić information content (AvgIpc) is 2.31. The van der Waals surface area contributed by atoms with Crippen molar-refractivity contribution in [1.82, 2.24) is 0 Å². The van der Waals surface area contributed by atoms with Gasteiger partial charge in [-0.05, 0) is 30.2 Å². The van der Waals surface area contributed by atoms with Gasteiger partial charge in [-0.15, -0.1) is 5.92 Å². The van der Waals surface area contributed by atoms with Crippen LogP contribution in [0.4, 0.5) is 0 Å². The van der Waals surface area contributed by atoms with E-state index < -0.39 is 0 Å². The molecule has 2 aromatic rings. The van der Waals surface area contributed by atoms with Gasteiger partial charge in [-0.1, -0.05) is 55.8 Å². The molecule has 0 unspecified atom stereocenters. The van der Waals surface area contributed by atoms with Gasteiger partial charge in [0.2, 0.25) is 0 Å². The Labute approximate surface area is 98.0 Å². The quantitative estimate of drug-likeness (QED) is 0.611. The fraction of sp³-hybridized carbons (Fsp3) is 0.125. The van der Waals surface area contributed by atoms with E-state index in [0.717, 1.165) is 5.56 Å². The molecule has 2 rings (SSSR count). The third kappa shape index (κ3) is 2.74. The summed E-state index contributed by atoms with van der Waals surface area (Å²) in [6.07, 6.45) is 0. The first-order valence-corrected chi connectivity index (χ1v) is 4.98. The van der Waals surface area contributed by atoms with Crippen LogP contribution in [0.5, 0.6) is 0 Å². The summed E-state index contributed by atoms with van der Waals surface area (Å²) in [5, 5.41) is 0. The summed E-state index contributed by atoms with van der Waals surface area (Å²) < 4.78 is 0. The molecule has 0 radical (unpaired) electrons. The molecule has 0 bridgehead atoms. The predicted molar refractivity (Wildman–Crippen MR) is 71.2 cm³/mol. The molecule has 0 N–H and O–H groups in total. The molecule has 0 heteroatoms. The highest BCUT2D eigenvalue weighted by Gasteiger charge is 1.96. The molecule has 80 valence electrons. The van der Waals surface area contributed by atoms with E-state index in [2.05, 4.69) is 36.1 Å². The number of benzene rings is 2. The Balaban J connectivity index is 0.00000128. The van der Waals surface area contributed by atoms with Crippen LogP contribution in [0.15, 0.2) is 54.6 Å². The third-order valence-electron chi connectivity index (χ3n) is 2.24. The summed E-state index contributed by atoms with van der Waals surface area (Å²) >= 11 is 0. The van der Waals surface area contributed by atoms with Gasteiger partial charge in [-0.2, -0.15) is 0 Å². The molecule has 0 amide bonds. The van der Waals surface area contributed by atoms with E-state index in [1.165, 1.54) is 11.1 Å². The Hall–Kier alpha value is -2.00. The molecule has 0 heterocycles. The van der Waals surface area contributed by atoms with Crippen molar-refractivity contribution in [3.05, 3.63) is 60.2 Å². The lowest BCUT2D eigenvalue weighted by Gasteiger charge is -2.01. The highest BCUT2D eigenvalue weighted by molar-refractivity contribution is 5.65. The van der Waals surface area contributed by atoms with Crippen molar-refractivity contribution in [3.8, 4) is 23.0 Å². The second-order valence-electron chi connectivity index (χ2n) is 3.32. The smallest absolute Gasteiger partial charge is 0.0251 e. The average molecular weight is 208 g/mol. The lowest BCUT2D eigenvalue weighted by molar-refractivity contribution is 1.59. The van der Waals surface area contributed by atoms with E-state index in [0.29, 0.717) is 0 Å². The number of hydrogen-bond acceptors (Lipinski definition) is 0. The van der Waals surface area contributed by atoms with Gasteiger partial charge in [0.25, 0.3) is 0 Å². The molecule has 0 aliphatic heterocycles. The maximum absolute atomic E-state index is 3.07. The van der Waals surface area contributed by atoms with E-state index in [-0.39, 0.29) is 7.43 Å². The third-order valence-corrected chi connectivity index (χ3v) is 2.24. The first kappa shape index (κ1) is 12.1. The van der Waals surface area contributed by atoms with Crippen LogP contribution in [0.25, 0.3) is 11.1 Å². The minimum Gasteiger partial charge on any atom is -0.101 e. The monoisotopic (exact) mass is 208 g/mol. The van der Waals surface area contributed by atoms with Gasteiger partial charge in [0.1, 0.15) is 0 Å². The van der Waals surface area contributed by atoms with Gasteiger partial charge in [0.15, 0.2) is 0 Å². The summed E-state index contributed by atoms with van der Waals surface area (Å²) in [4.78, 5) is 0. The Kier molecular flexibility index (Phi) is 4.36. The number of hydrogen-bond donors (Lipinski definition) is 0. The van der Waals surface area contributed by atoms with Crippen molar-refractivity contribution >= 4 is 0 Å². The van der Waals surface area contributed by atoms with Gasteiger partial charge < -0.3 is 0 Å². The van der Waals surface area contributed by atoms with Crippen LogP contribution in [0, 0.1) is 11.8 Å². The second kappa shape index (κ2) is 5.78. The maximum Gasteiger partial charge on any atom is 0.0251 e. The highest BCUT2D eigenvalue weighted by Crippen LogP contribution is 2.19. The zero-order valence-corrected chi connectivity index (χ0v) is 8.70. The molecule has 0 saturated carbocycles. The van der Waals surface area contributed by atoms with Gasteiger partial charge in [0.05, 0.1) is 0 Å². The lowest BCUT2D eigenvalue weighted by Crippen LogP contribution is -1.79. The van der Waals surface area contributed by atoms with E-state index >= 15 is 0 Å². The molecule has 0 aliphatic carbocycles. The van der Waals surface area contributed by atoms with Crippen molar-refractivity contribution in [3.63, 3.8) is 0 Å². The molecule has 0 fully saturated rings. The Morgan fingerprint density at radius 2 is 1.50 bits per heavy atom. The van der Waals surface area contributed by atoms with Crippen molar-refractivity contribution in [1.29, 1.82) is 0 Å². The van der Waals surface area contributed by atoms with Crippen LogP contribution in [0.3, 0.4) is 0 Å². The van der Waals surface area contributed by atoms with E-state index in [9.17, 15) is 0 Å². The van der Waals surface area contributed by atoms with Gasteiger partial charge in [0, 0.05) is 5.56 Å². The van der Waals surface area contributed by atoms with E-state index in [4.69, 9.17) is 0 Å². The largest absolute Gasteiger partial charge is 0.101 e. The molecule has 0 aromatic heterocycles. The summed E-state index contributed by atoms with van der Waals surface area (Å²) in [7, 11) is 0. The molecule has 0 atom stereocenters. The van der Waals surface area contributed by atoms with Crippen molar-refractivity contribution in [2.24, 2.45) is 0 Å². The molecule has 16 heavy (non-hydrogen) atoms. The fourth-order valence-electron chi connectivity index (χ4n) is 1.55. The zero-order chi connectivity index (χ0) is 10.5. The minimum atomic E-state index is 0. The predicted octanol–water partition coefficient (Wildman–Crippen LogP) is 4.36. The summed E-state index contributed by atoms with van der Waals surface area (Å²) in [5.74, 6) is 5.98. The molecule has 0 aliphatic rings. The van der Waals surface area contributed by atoms with Crippen LogP contribution >= 0.6 is 0 Å². The molecule has 2 aromatic carbocycles. The summed E-state index contributed by atoms with van der Waals surface area (Å²) in [6.45, 7) is 1.86. The summed E-state index contributed by atoms with van der Waals surface area (Å²) in [5.41, 5.74) is 3.52. The molecule has 0 spiro atoms. The Morgan fingerprint density at radius 3 is 2.19 bits per heavy atom. The molecule has 0 saturated heterocycles. The van der Waals surface area contributed by atoms with Gasteiger partial charge in [-0.3, -0.25) is 0 Å². The van der Waals surface area contributed by atoms with Crippen molar-refractivity contribution in [2.75, 3.05) is 0 Å². The number of rotatable bonds is 1. The SMILES string of the molecule is C.CC#Cc1cccc(-c2ccccc2)c1. The van der Waals surface area contributed by atoms with Gasteiger partial charge >= 0.3 is 0 Å². The van der Waals surface area contributed by atoms with Crippen molar-refractivity contribution in [2.45, 2.75) is 14.4 Å². The van der Waals surface area contributed by atoms with E-state index in [1.54, 1.807) is 0 Å². The van der Waals surface area contributed by atoms with Crippen LogP contribution in [-0.2, 0) is 0 Å². The highest BCUT2D eigenvalue weighted by atomic mass is 14.0. The van der Waals surface area contributed by atoms with E-state index in [1.807, 2.05) is 37.3 Å². The summed E-state index contributed by atoms with van der Waals surface area (Å²) in [6, 6.07) is 18.6. The Morgan fingerprint density at radius 1 is 0.812 bits per heavy atom. The fourth-order valence-corrected chi connectivity index (χ4v) is 1.55. The lowest BCUT2D eigenvalue weighted by atomic mass is 10.0. The first-order valence-electron chi connectivity index (χ1n) is 4.98. The molecule has 0 nitrogen and oxygen atoms in total. The topological polar surface area (TPSA) is 0 Å². The maximum atomic E-state index is 3.07. The first-order chi connectivity index (χ1) is 7.40. The molecular weight excluding hydrogens is 192 g/mol. The van der Waals surface area contributed by atoms with Crippen LogP contribution in [0.2, 0.25) is 0 Å². The Bertz CT molecular complexity index is 498. The molecular formula is C16H16. The van der Waals surface area contributed by atoms with Gasteiger partial charge in [-0.25, -0.2) is 0 Å². The standard InChI is InChI=1S/C15H12.CH4/c1-2-7-13-8-6-11-15(12-13)14-9-4-3-5-10-14;/h3-6,8-12H,1H3;1H4. The normalized spacial score (nSPS) is 8.56. The van der Waals surface area contributed by atoms with Crippen LogP contribution in [0.1, 0.15) is 19.9 Å². The van der Waals surface area contributed by atoms with Crippen molar-refractivity contribution < 1.29 is 0 Å². The minimum absolute atomic E-state index is 0. The second-order valence-corrected chi connectivity index (χ2v) is 3.32. The van der Waals surface area contributed by atoms with Crippen LogP contribution in [-0.4, -0.2) is 0 Å².